The summed E-state index contributed by atoms with van der Waals surface area (Å²) in [7, 11) is 1.73. The fourth-order valence-corrected chi connectivity index (χ4v) is 4.21. The molecule has 0 aliphatic heterocycles. The first-order valence-electron chi connectivity index (χ1n) is 9.37. The van der Waals surface area contributed by atoms with Gasteiger partial charge in [-0.05, 0) is 67.1 Å². The molecule has 0 amide bonds. The Hall–Kier alpha value is -2.58. The zero-order valence-corrected chi connectivity index (χ0v) is 16.8. The average molecular weight is 360 g/mol. The van der Waals surface area contributed by atoms with Crippen molar-refractivity contribution < 1.29 is 9.84 Å². The van der Waals surface area contributed by atoms with Gasteiger partial charge in [-0.25, -0.2) is 0 Å². The number of hydrogen-bond donors (Lipinski definition) is 1. The first kappa shape index (κ1) is 19.2. The Morgan fingerprint density at radius 3 is 2.00 bits per heavy atom. The van der Waals surface area contributed by atoms with Crippen LogP contribution in [0.15, 0.2) is 54.6 Å². The molecule has 0 saturated carbocycles. The van der Waals surface area contributed by atoms with Crippen LogP contribution < -0.4 is 4.74 Å². The molecule has 0 fully saturated rings. The van der Waals surface area contributed by atoms with Crippen LogP contribution in [0.1, 0.15) is 50.4 Å². The zero-order valence-electron chi connectivity index (χ0n) is 16.8. The minimum Gasteiger partial charge on any atom is -0.496 e. The molecule has 27 heavy (non-hydrogen) atoms. The second-order valence-electron chi connectivity index (χ2n) is 7.35. The van der Waals surface area contributed by atoms with Crippen LogP contribution in [-0.2, 0) is 6.61 Å². The molecule has 140 valence electrons. The number of aryl methyl sites for hydroxylation is 4. The van der Waals surface area contributed by atoms with E-state index < -0.39 is 0 Å². The van der Waals surface area contributed by atoms with Gasteiger partial charge < -0.3 is 9.84 Å². The van der Waals surface area contributed by atoms with Crippen molar-refractivity contribution in [3.63, 3.8) is 0 Å². The Labute approximate surface area is 162 Å². The third-order valence-electron chi connectivity index (χ3n) is 5.21. The summed E-state index contributed by atoms with van der Waals surface area (Å²) in [5.41, 5.74) is 9.24. The van der Waals surface area contributed by atoms with Gasteiger partial charge in [0.15, 0.2) is 0 Å². The SMILES string of the molecule is COc1cc(C)cc(C)c1C(c1ccccc1)c1c(C)cc(C)cc1CO. The van der Waals surface area contributed by atoms with Crippen molar-refractivity contribution in [2.75, 3.05) is 7.11 Å². The highest BCUT2D eigenvalue weighted by molar-refractivity contribution is 5.57. The summed E-state index contributed by atoms with van der Waals surface area (Å²) in [5, 5.41) is 10.1. The number of hydrogen-bond acceptors (Lipinski definition) is 2. The maximum Gasteiger partial charge on any atom is 0.123 e. The van der Waals surface area contributed by atoms with E-state index in [0.29, 0.717) is 0 Å². The highest BCUT2D eigenvalue weighted by Crippen LogP contribution is 2.42. The van der Waals surface area contributed by atoms with Crippen molar-refractivity contribution in [3.05, 3.63) is 99.1 Å². The van der Waals surface area contributed by atoms with E-state index in [9.17, 15) is 5.11 Å². The van der Waals surface area contributed by atoms with Gasteiger partial charge in [-0.3, -0.25) is 0 Å². The monoisotopic (exact) mass is 360 g/mol. The van der Waals surface area contributed by atoms with Gasteiger partial charge in [0.2, 0.25) is 0 Å². The van der Waals surface area contributed by atoms with E-state index in [4.69, 9.17) is 4.74 Å². The predicted octanol–water partition coefficient (Wildman–Crippen LogP) is 5.60. The van der Waals surface area contributed by atoms with Crippen LogP contribution in [0.2, 0.25) is 0 Å². The number of rotatable bonds is 5. The largest absolute Gasteiger partial charge is 0.496 e. The lowest BCUT2D eigenvalue weighted by atomic mass is 9.78. The van der Waals surface area contributed by atoms with Gasteiger partial charge >= 0.3 is 0 Å². The van der Waals surface area contributed by atoms with Crippen molar-refractivity contribution in [1.82, 2.24) is 0 Å². The van der Waals surface area contributed by atoms with E-state index in [1.54, 1.807) is 7.11 Å². The van der Waals surface area contributed by atoms with E-state index >= 15 is 0 Å². The van der Waals surface area contributed by atoms with E-state index in [-0.39, 0.29) is 12.5 Å². The van der Waals surface area contributed by atoms with Crippen molar-refractivity contribution in [2.24, 2.45) is 0 Å². The van der Waals surface area contributed by atoms with Crippen LogP contribution in [0.4, 0.5) is 0 Å². The molecule has 2 heteroatoms. The highest BCUT2D eigenvalue weighted by Gasteiger charge is 2.26. The van der Waals surface area contributed by atoms with E-state index in [1.807, 2.05) is 6.07 Å². The number of ether oxygens (including phenoxy) is 1. The number of methoxy groups -OCH3 is 1. The molecule has 0 aliphatic carbocycles. The summed E-state index contributed by atoms with van der Waals surface area (Å²) >= 11 is 0. The third-order valence-corrected chi connectivity index (χ3v) is 5.21. The number of aliphatic hydroxyl groups is 1. The summed E-state index contributed by atoms with van der Waals surface area (Å²) < 4.78 is 5.81. The number of aliphatic hydroxyl groups excluding tert-OH is 1. The van der Waals surface area contributed by atoms with Crippen LogP contribution in [0.25, 0.3) is 0 Å². The molecule has 0 spiro atoms. The second kappa shape index (κ2) is 7.98. The summed E-state index contributed by atoms with van der Waals surface area (Å²) in [5.74, 6) is 0.898. The molecule has 0 aliphatic rings. The molecule has 0 saturated heterocycles. The maximum atomic E-state index is 10.1. The molecule has 2 nitrogen and oxygen atoms in total. The lowest BCUT2D eigenvalue weighted by Gasteiger charge is -2.27. The Morgan fingerprint density at radius 1 is 0.815 bits per heavy atom. The fraction of sp³-hybridized carbons (Fsp3) is 0.280. The minimum atomic E-state index is 0.00417. The van der Waals surface area contributed by atoms with Gasteiger partial charge in [0, 0.05) is 11.5 Å². The Kier molecular flexibility index (Phi) is 5.67. The average Bonchev–Trinajstić information content (AvgIpc) is 2.64. The molecular weight excluding hydrogens is 332 g/mol. The number of benzene rings is 3. The molecule has 3 rings (SSSR count). The standard InChI is InChI=1S/C25H28O2/c1-16-11-18(3)23(21(13-16)15-26)25(20-9-7-6-8-10-20)24-19(4)12-17(2)14-22(24)27-5/h6-14,25-26H,15H2,1-5H3. The first-order chi connectivity index (χ1) is 13.0. The molecule has 0 aromatic heterocycles. The lowest BCUT2D eigenvalue weighted by molar-refractivity contribution is 0.280. The highest BCUT2D eigenvalue weighted by atomic mass is 16.5. The van der Waals surface area contributed by atoms with Crippen molar-refractivity contribution >= 4 is 0 Å². The van der Waals surface area contributed by atoms with Crippen LogP contribution in [0.3, 0.4) is 0 Å². The molecule has 3 aromatic carbocycles. The summed E-state index contributed by atoms with van der Waals surface area (Å²) in [4.78, 5) is 0. The summed E-state index contributed by atoms with van der Waals surface area (Å²) in [6, 6.07) is 19.1. The molecule has 0 heterocycles. The van der Waals surface area contributed by atoms with Gasteiger partial charge in [0.1, 0.15) is 5.75 Å². The van der Waals surface area contributed by atoms with E-state index in [1.165, 1.54) is 33.4 Å². The molecule has 0 radical (unpaired) electrons. The molecule has 0 bridgehead atoms. The third kappa shape index (κ3) is 3.77. The molecular formula is C25H28O2. The maximum absolute atomic E-state index is 10.1. The van der Waals surface area contributed by atoms with Crippen LogP contribution in [0, 0.1) is 27.7 Å². The predicted molar refractivity (Wildman–Crippen MR) is 112 cm³/mol. The normalized spacial score (nSPS) is 12.1. The van der Waals surface area contributed by atoms with E-state index in [0.717, 1.165) is 16.9 Å². The van der Waals surface area contributed by atoms with Crippen LogP contribution >= 0.6 is 0 Å². The topological polar surface area (TPSA) is 29.5 Å². The summed E-state index contributed by atoms with van der Waals surface area (Å²) in [6.45, 7) is 8.46. The summed E-state index contributed by atoms with van der Waals surface area (Å²) in [6.07, 6.45) is 0. The molecule has 1 unspecified atom stereocenters. The molecule has 3 aromatic rings. The zero-order chi connectivity index (χ0) is 19.6. The first-order valence-corrected chi connectivity index (χ1v) is 9.37. The Morgan fingerprint density at radius 2 is 1.41 bits per heavy atom. The van der Waals surface area contributed by atoms with Crippen molar-refractivity contribution in [3.8, 4) is 5.75 Å². The minimum absolute atomic E-state index is 0.00417. The van der Waals surface area contributed by atoms with Gasteiger partial charge in [0.05, 0.1) is 13.7 Å². The van der Waals surface area contributed by atoms with Gasteiger partial charge in [-0.1, -0.05) is 54.1 Å². The van der Waals surface area contributed by atoms with Crippen LogP contribution in [-0.4, -0.2) is 12.2 Å². The van der Waals surface area contributed by atoms with Crippen molar-refractivity contribution in [2.45, 2.75) is 40.2 Å². The Bertz CT molecular complexity index is 883. The quantitative estimate of drug-likeness (QED) is 0.600. The molecule has 1 N–H and O–H groups in total. The fourth-order valence-electron chi connectivity index (χ4n) is 4.21. The second-order valence-corrected chi connectivity index (χ2v) is 7.35. The van der Waals surface area contributed by atoms with Gasteiger partial charge in [-0.2, -0.15) is 0 Å². The smallest absolute Gasteiger partial charge is 0.123 e. The van der Waals surface area contributed by atoms with Crippen molar-refractivity contribution in [1.29, 1.82) is 0 Å². The van der Waals surface area contributed by atoms with Gasteiger partial charge in [-0.15, -0.1) is 0 Å². The Balaban J connectivity index is 2.38. The molecule has 1 atom stereocenters. The van der Waals surface area contributed by atoms with Crippen LogP contribution in [0.5, 0.6) is 5.75 Å². The lowest BCUT2D eigenvalue weighted by Crippen LogP contribution is -2.12. The van der Waals surface area contributed by atoms with Gasteiger partial charge in [0.25, 0.3) is 0 Å². The van der Waals surface area contributed by atoms with E-state index in [2.05, 4.69) is 76.2 Å².